The largest absolute Gasteiger partial charge is 0.397 e. The van der Waals surface area contributed by atoms with E-state index in [4.69, 9.17) is 17.3 Å². The van der Waals surface area contributed by atoms with Crippen molar-refractivity contribution in [1.29, 1.82) is 0 Å². The Morgan fingerprint density at radius 1 is 1.47 bits per heavy atom. The van der Waals surface area contributed by atoms with Gasteiger partial charge in [-0.15, -0.1) is 0 Å². The molecule has 0 fully saturated rings. The van der Waals surface area contributed by atoms with Crippen LogP contribution in [0.15, 0.2) is 18.2 Å². The number of anilines is 2. The standard InChI is InChI=1S/C12H17ClN2O3S/c1-3-6-19(17,18)8(2)12(16)15-9-4-5-10(13)11(14)7-9/h4-5,7-8H,3,6,14H2,1-2H3,(H,15,16). The average Bonchev–Trinajstić information content (AvgIpc) is 2.32. The highest BCUT2D eigenvalue weighted by molar-refractivity contribution is 7.92. The highest BCUT2D eigenvalue weighted by Crippen LogP contribution is 2.22. The van der Waals surface area contributed by atoms with E-state index in [9.17, 15) is 13.2 Å². The number of sulfone groups is 1. The molecule has 0 radical (unpaired) electrons. The molecule has 106 valence electrons. The van der Waals surface area contributed by atoms with Gasteiger partial charge >= 0.3 is 0 Å². The van der Waals surface area contributed by atoms with Crippen LogP contribution in [0, 0.1) is 0 Å². The van der Waals surface area contributed by atoms with E-state index in [-0.39, 0.29) is 5.75 Å². The van der Waals surface area contributed by atoms with Gasteiger partial charge in [-0.1, -0.05) is 18.5 Å². The second kappa shape index (κ2) is 6.25. The number of carbonyl (C=O) groups is 1. The summed E-state index contributed by atoms with van der Waals surface area (Å²) in [6.07, 6.45) is 0.480. The first-order valence-electron chi connectivity index (χ1n) is 5.85. The summed E-state index contributed by atoms with van der Waals surface area (Å²) in [6.45, 7) is 3.13. The summed E-state index contributed by atoms with van der Waals surface area (Å²) in [5.41, 5.74) is 6.35. The van der Waals surface area contributed by atoms with Gasteiger partial charge in [0.2, 0.25) is 5.91 Å². The van der Waals surface area contributed by atoms with Crippen molar-refractivity contribution in [3.05, 3.63) is 23.2 Å². The summed E-state index contributed by atoms with van der Waals surface area (Å²) in [6, 6.07) is 4.59. The molecule has 1 aromatic carbocycles. The lowest BCUT2D eigenvalue weighted by Crippen LogP contribution is -2.34. The lowest BCUT2D eigenvalue weighted by molar-refractivity contribution is -0.115. The summed E-state index contributed by atoms with van der Waals surface area (Å²) in [4.78, 5) is 11.9. The number of nitrogens with one attached hydrogen (secondary N) is 1. The second-order valence-electron chi connectivity index (χ2n) is 4.23. The lowest BCUT2D eigenvalue weighted by Gasteiger charge is -2.13. The molecule has 1 atom stereocenters. The molecule has 3 N–H and O–H groups in total. The maximum atomic E-state index is 11.9. The molecular formula is C12H17ClN2O3S. The number of benzene rings is 1. The third-order valence-corrected chi connectivity index (χ3v) is 5.27. The predicted octanol–water partition coefficient (Wildman–Crippen LogP) is 2.07. The molecule has 19 heavy (non-hydrogen) atoms. The molecule has 1 amide bonds. The van der Waals surface area contributed by atoms with Crippen molar-refractivity contribution in [3.63, 3.8) is 0 Å². The van der Waals surface area contributed by atoms with Crippen LogP contribution in [0.2, 0.25) is 5.02 Å². The van der Waals surface area contributed by atoms with E-state index >= 15 is 0 Å². The minimum absolute atomic E-state index is 0.00958. The fourth-order valence-electron chi connectivity index (χ4n) is 1.49. The maximum absolute atomic E-state index is 11.9. The van der Waals surface area contributed by atoms with Crippen LogP contribution >= 0.6 is 11.6 Å². The van der Waals surface area contributed by atoms with E-state index < -0.39 is 21.0 Å². The van der Waals surface area contributed by atoms with Gasteiger partial charge < -0.3 is 11.1 Å². The van der Waals surface area contributed by atoms with Crippen molar-refractivity contribution < 1.29 is 13.2 Å². The zero-order valence-electron chi connectivity index (χ0n) is 10.8. The van der Waals surface area contributed by atoms with Gasteiger partial charge in [0.05, 0.1) is 16.5 Å². The summed E-state index contributed by atoms with van der Waals surface area (Å²) < 4.78 is 23.6. The van der Waals surface area contributed by atoms with E-state index in [0.717, 1.165) is 0 Å². The molecule has 0 aliphatic carbocycles. The highest BCUT2D eigenvalue weighted by Gasteiger charge is 2.27. The highest BCUT2D eigenvalue weighted by atomic mass is 35.5. The summed E-state index contributed by atoms with van der Waals surface area (Å²) in [7, 11) is -3.42. The third kappa shape index (κ3) is 4.11. The zero-order valence-corrected chi connectivity index (χ0v) is 12.4. The first-order valence-corrected chi connectivity index (χ1v) is 7.94. The van der Waals surface area contributed by atoms with Gasteiger partial charge in [-0.2, -0.15) is 0 Å². The third-order valence-electron chi connectivity index (χ3n) is 2.66. The number of nitrogens with two attached hydrogens (primary N) is 1. The van der Waals surface area contributed by atoms with Gasteiger partial charge in [-0.25, -0.2) is 8.42 Å². The molecule has 0 aromatic heterocycles. The molecule has 1 unspecified atom stereocenters. The summed E-state index contributed by atoms with van der Waals surface area (Å²) in [5.74, 6) is -0.583. The van der Waals surface area contributed by atoms with Crippen LogP contribution in [0.4, 0.5) is 11.4 Å². The van der Waals surface area contributed by atoms with Crippen LogP contribution in [0.25, 0.3) is 0 Å². The van der Waals surface area contributed by atoms with E-state index in [1.807, 2.05) is 0 Å². The van der Waals surface area contributed by atoms with Gasteiger partial charge in [-0.05, 0) is 31.5 Å². The molecule has 1 rings (SSSR count). The van der Waals surface area contributed by atoms with Crippen LogP contribution in [0.3, 0.4) is 0 Å². The topological polar surface area (TPSA) is 89.3 Å². The van der Waals surface area contributed by atoms with Crippen molar-refractivity contribution in [2.75, 3.05) is 16.8 Å². The zero-order chi connectivity index (χ0) is 14.6. The van der Waals surface area contributed by atoms with Crippen molar-refractivity contribution >= 4 is 38.7 Å². The van der Waals surface area contributed by atoms with Crippen molar-refractivity contribution in [2.24, 2.45) is 0 Å². The molecule has 0 aliphatic heterocycles. The van der Waals surface area contributed by atoms with Crippen LogP contribution in [-0.2, 0) is 14.6 Å². The van der Waals surface area contributed by atoms with Crippen molar-refractivity contribution in [3.8, 4) is 0 Å². The predicted molar refractivity (Wildman–Crippen MR) is 78.0 cm³/mol. The second-order valence-corrected chi connectivity index (χ2v) is 7.08. The molecule has 0 bridgehead atoms. The Kier molecular flexibility index (Phi) is 5.20. The van der Waals surface area contributed by atoms with E-state index in [0.29, 0.717) is 22.8 Å². The SMILES string of the molecule is CCCS(=O)(=O)C(C)C(=O)Nc1ccc(Cl)c(N)c1. The smallest absolute Gasteiger partial charge is 0.242 e. The fourth-order valence-corrected chi connectivity index (χ4v) is 2.92. The van der Waals surface area contributed by atoms with Gasteiger partial charge in [0.1, 0.15) is 5.25 Å². The number of amides is 1. The van der Waals surface area contributed by atoms with E-state index in [1.54, 1.807) is 13.0 Å². The normalized spacial score (nSPS) is 13.0. The minimum atomic E-state index is -3.42. The van der Waals surface area contributed by atoms with Gasteiger partial charge in [-0.3, -0.25) is 4.79 Å². The Balaban J connectivity index is 2.82. The molecule has 7 heteroatoms. The Hall–Kier alpha value is -1.27. The molecular weight excluding hydrogens is 288 g/mol. The number of nitrogen functional groups attached to an aromatic ring is 1. The lowest BCUT2D eigenvalue weighted by atomic mass is 10.2. The Bertz CT molecular complexity index is 572. The summed E-state index contributed by atoms with van der Waals surface area (Å²) >= 11 is 5.76. The Labute approximate surface area is 118 Å². The molecule has 0 spiro atoms. The summed E-state index contributed by atoms with van der Waals surface area (Å²) in [5, 5.41) is 1.80. The number of hydrogen-bond donors (Lipinski definition) is 2. The first-order chi connectivity index (χ1) is 8.77. The Morgan fingerprint density at radius 3 is 2.63 bits per heavy atom. The van der Waals surface area contributed by atoms with Crippen LogP contribution in [0.1, 0.15) is 20.3 Å². The first kappa shape index (κ1) is 15.8. The molecule has 0 aliphatic rings. The van der Waals surface area contributed by atoms with Crippen molar-refractivity contribution in [2.45, 2.75) is 25.5 Å². The average molecular weight is 305 g/mol. The van der Waals surface area contributed by atoms with Crippen LogP contribution in [0.5, 0.6) is 0 Å². The molecule has 1 aromatic rings. The van der Waals surface area contributed by atoms with Crippen molar-refractivity contribution in [1.82, 2.24) is 0 Å². The van der Waals surface area contributed by atoms with E-state index in [1.165, 1.54) is 19.1 Å². The van der Waals surface area contributed by atoms with Gasteiger partial charge in [0, 0.05) is 5.69 Å². The van der Waals surface area contributed by atoms with E-state index in [2.05, 4.69) is 5.32 Å². The Morgan fingerprint density at radius 2 is 2.11 bits per heavy atom. The molecule has 0 saturated heterocycles. The number of rotatable bonds is 5. The quantitative estimate of drug-likeness (QED) is 0.815. The monoisotopic (exact) mass is 304 g/mol. The van der Waals surface area contributed by atoms with Crippen LogP contribution in [-0.4, -0.2) is 25.3 Å². The molecule has 5 nitrogen and oxygen atoms in total. The molecule has 0 heterocycles. The fraction of sp³-hybridized carbons (Fsp3) is 0.417. The number of halogens is 1. The van der Waals surface area contributed by atoms with Gasteiger partial charge in [0.25, 0.3) is 0 Å². The van der Waals surface area contributed by atoms with Gasteiger partial charge in [0.15, 0.2) is 9.84 Å². The van der Waals surface area contributed by atoms with Crippen LogP contribution < -0.4 is 11.1 Å². The number of hydrogen-bond acceptors (Lipinski definition) is 4. The maximum Gasteiger partial charge on any atom is 0.242 e. The molecule has 0 saturated carbocycles. The minimum Gasteiger partial charge on any atom is -0.397 e. The number of carbonyl (C=O) groups excluding carboxylic acids is 1.